The van der Waals surface area contributed by atoms with Gasteiger partial charge in [-0.05, 0) is 45.4 Å². The Morgan fingerprint density at radius 1 is 1.15 bits per heavy atom. The molecule has 0 amide bonds. The monoisotopic (exact) mass is 280 g/mol. The molecule has 0 aromatic carbocycles. The van der Waals surface area contributed by atoms with Gasteiger partial charge in [-0.2, -0.15) is 0 Å². The number of ether oxygens (including phenoxy) is 1. The zero-order valence-electron chi connectivity index (χ0n) is 13.1. The van der Waals surface area contributed by atoms with Gasteiger partial charge in [-0.3, -0.25) is 11.3 Å². The smallest absolute Gasteiger partial charge is 0.0885 e. The second kappa shape index (κ2) is 8.16. The average Bonchev–Trinajstić information content (AvgIpc) is 2.43. The summed E-state index contributed by atoms with van der Waals surface area (Å²) in [7, 11) is 0. The normalized spacial score (nSPS) is 25.4. The molecular formula is C17H32N2O. The highest BCUT2D eigenvalue weighted by atomic mass is 16.5. The van der Waals surface area contributed by atoms with Crippen LogP contribution in [-0.4, -0.2) is 18.2 Å². The van der Waals surface area contributed by atoms with Crippen LogP contribution in [0.25, 0.3) is 0 Å². The van der Waals surface area contributed by atoms with Crippen molar-refractivity contribution in [2.24, 2.45) is 5.84 Å². The van der Waals surface area contributed by atoms with Crippen LogP contribution < -0.4 is 11.3 Å². The highest BCUT2D eigenvalue weighted by Crippen LogP contribution is 2.38. The maximum absolute atomic E-state index is 6.27. The van der Waals surface area contributed by atoms with Crippen molar-refractivity contribution in [3.8, 4) is 0 Å². The molecule has 3 nitrogen and oxygen atoms in total. The van der Waals surface area contributed by atoms with E-state index in [-0.39, 0.29) is 11.6 Å². The number of nitrogens with two attached hydrogens (primary N) is 1. The SMILES string of the molecule is CCOC1(C(NN)C2=CCCCCCC2)CCCCC1. The molecule has 20 heavy (non-hydrogen) atoms. The standard InChI is InChI=1S/C17H32N2O/c1-2-20-17(13-9-6-10-14-17)16(19-18)15-11-7-4-3-5-8-12-15/h11,16,19H,2-10,12-14,18H2,1H3. The molecule has 1 fully saturated rings. The highest BCUT2D eigenvalue weighted by molar-refractivity contribution is 5.18. The molecule has 2 rings (SSSR count). The Kier molecular flexibility index (Phi) is 6.53. The van der Waals surface area contributed by atoms with E-state index in [1.54, 1.807) is 0 Å². The number of hydrogen-bond acceptors (Lipinski definition) is 3. The van der Waals surface area contributed by atoms with Crippen LogP contribution in [0, 0.1) is 0 Å². The van der Waals surface area contributed by atoms with Crippen LogP contribution in [0.1, 0.15) is 77.6 Å². The molecule has 0 saturated heterocycles. The fourth-order valence-corrected chi connectivity index (χ4v) is 4.03. The summed E-state index contributed by atoms with van der Waals surface area (Å²) in [6.45, 7) is 2.89. The minimum absolute atomic E-state index is 0.0627. The number of rotatable bonds is 5. The third-order valence-corrected chi connectivity index (χ3v) is 5.02. The molecule has 1 atom stereocenters. The van der Waals surface area contributed by atoms with Gasteiger partial charge in [0.2, 0.25) is 0 Å². The van der Waals surface area contributed by atoms with E-state index in [9.17, 15) is 0 Å². The lowest BCUT2D eigenvalue weighted by atomic mass is 9.75. The second-order valence-electron chi connectivity index (χ2n) is 6.39. The molecule has 116 valence electrons. The molecule has 1 unspecified atom stereocenters. The summed E-state index contributed by atoms with van der Waals surface area (Å²) in [5.41, 5.74) is 4.56. The summed E-state index contributed by atoms with van der Waals surface area (Å²) in [6.07, 6.45) is 16.4. The summed E-state index contributed by atoms with van der Waals surface area (Å²) >= 11 is 0. The van der Waals surface area contributed by atoms with Crippen molar-refractivity contribution >= 4 is 0 Å². The second-order valence-corrected chi connectivity index (χ2v) is 6.39. The van der Waals surface area contributed by atoms with Crippen molar-refractivity contribution in [1.82, 2.24) is 5.43 Å². The van der Waals surface area contributed by atoms with Crippen molar-refractivity contribution in [2.75, 3.05) is 6.61 Å². The summed E-state index contributed by atoms with van der Waals surface area (Å²) in [5, 5.41) is 0. The molecule has 3 heteroatoms. The van der Waals surface area contributed by atoms with Crippen LogP contribution in [0.4, 0.5) is 0 Å². The van der Waals surface area contributed by atoms with Crippen LogP contribution in [0.3, 0.4) is 0 Å². The van der Waals surface area contributed by atoms with Crippen LogP contribution in [-0.2, 0) is 4.74 Å². The number of hydrogen-bond donors (Lipinski definition) is 2. The zero-order valence-corrected chi connectivity index (χ0v) is 13.1. The van der Waals surface area contributed by atoms with Gasteiger partial charge < -0.3 is 4.74 Å². The summed E-state index contributed by atoms with van der Waals surface area (Å²) in [6, 6.07) is 0.209. The Morgan fingerprint density at radius 2 is 1.85 bits per heavy atom. The first-order chi connectivity index (χ1) is 9.82. The Bertz CT molecular complexity index is 303. The third kappa shape index (κ3) is 3.84. The molecule has 1 saturated carbocycles. The lowest BCUT2D eigenvalue weighted by Crippen LogP contribution is -2.57. The summed E-state index contributed by atoms with van der Waals surface area (Å²) in [5.74, 6) is 5.97. The van der Waals surface area contributed by atoms with Gasteiger partial charge in [-0.25, -0.2) is 0 Å². The van der Waals surface area contributed by atoms with Crippen LogP contribution in [0.2, 0.25) is 0 Å². The molecule has 0 bridgehead atoms. The van der Waals surface area contributed by atoms with E-state index >= 15 is 0 Å². The van der Waals surface area contributed by atoms with Crippen molar-refractivity contribution in [1.29, 1.82) is 0 Å². The first kappa shape index (κ1) is 16.0. The molecular weight excluding hydrogens is 248 g/mol. The first-order valence-corrected chi connectivity index (χ1v) is 8.61. The molecule has 0 radical (unpaired) electrons. The lowest BCUT2D eigenvalue weighted by Gasteiger charge is -2.44. The van der Waals surface area contributed by atoms with Gasteiger partial charge in [0.05, 0.1) is 11.6 Å². The van der Waals surface area contributed by atoms with Gasteiger partial charge in [-0.15, -0.1) is 0 Å². The molecule has 0 aromatic rings. The third-order valence-electron chi connectivity index (χ3n) is 5.02. The quantitative estimate of drug-likeness (QED) is 0.457. The number of hydrazine groups is 1. The van der Waals surface area contributed by atoms with Crippen LogP contribution in [0.5, 0.6) is 0 Å². The van der Waals surface area contributed by atoms with Gasteiger partial charge in [0.25, 0.3) is 0 Å². The predicted octanol–water partition coefficient (Wildman–Crippen LogP) is 3.84. The van der Waals surface area contributed by atoms with E-state index in [0.717, 1.165) is 19.4 Å². The summed E-state index contributed by atoms with van der Waals surface area (Å²) < 4.78 is 6.27. The molecule has 0 aliphatic heterocycles. The maximum atomic E-state index is 6.27. The van der Waals surface area contributed by atoms with Crippen molar-refractivity contribution < 1.29 is 4.74 Å². The fraction of sp³-hybridized carbons (Fsp3) is 0.882. The van der Waals surface area contributed by atoms with E-state index in [0.29, 0.717) is 0 Å². The number of allylic oxidation sites excluding steroid dienone is 1. The van der Waals surface area contributed by atoms with Crippen molar-refractivity contribution in [3.05, 3.63) is 11.6 Å². The largest absolute Gasteiger partial charge is 0.373 e. The lowest BCUT2D eigenvalue weighted by molar-refractivity contribution is -0.0826. The van der Waals surface area contributed by atoms with Gasteiger partial charge in [0.15, 0.2) is 0 Å². The minimum atomic E-state index is -0.0627. The van der Waals surface area contributed by atoms with E-state index < -0.39 is 0 Å². The van der Waals surface area contributed by atoms with E-state index in [4.69, 9.17) is 10.6 Å². The fourth-order valence-electron chi connectivity index (χ4n) is 4.03. The zero-order chi connectivity index (χ0) is 14.3. The van der Waals surface area contributed by atoms with Crippen LogP contribution in [0.15, 0.2) is 11.6 Å². The molecule has 3 N–H and O–H groups in total. The topological polar surface area (TPSA) is 47.3 Å². The van der Waals surface area contributed by atoms with E-state index in [2.05, 4.69) is 18.4 Å². The molecule has 0 spiro atoms. The molecule has 2 aliphatic rings. The van der Waals surface area contributed by atoms with Crippen molar-refractivity contribution in [2.45, 2.75) is 89.2 Å². The van der Waals surface area contributed by atoms with E-state index in [1.165, 1.54) is 63.4 Å². The van der Waals surface area contributed by atoms with Crippen molar-refractivity contribution in [3.63, 3.8) is 0 Å². The van der Waals surface area contributed by atoms with Gasteiger partial charge >= 0.3 is 0 Å². The Morgan fingerprint density at radius 3 is 2.55 bits per heavy atom. The Labute approximate surface area is 124 Å². The first-order valence-electron chi connectivity index (χ1n) is 8.61. The maximum Gasteiger partial charge on any atom is 0.0885 e. The molecule has 0 heterocycles. The predicted molar refractivity (Wildman–Crippen MR) is 84.3 cm³/mol. The minimum Gasteiger partial charge on any atom is -0.373 e. The average molecular weight is 280 g/mol. The Hall–Kier alpha value is -0.380. The highest BCUT2D eigenvalue weighted by Gasteiger charge is 2.41. The summed E-state index contributed by atoms with van der Waals surface area (Å²) in [4.78, 5) is 0. The van der Waals surface area contributed by atoms with Gasteiger partial charge in [-0.1, -0.05) is 43.8 Å². The van der Waals surface area contributed by atoms with Crippen LogP contribution >= 0.6 is 0 Å². The Balaban J connectivity index is 2.17. The molecule has 0 aromatic heterocycles. The molecule has 2 aliphatic carbocycles. The number of nitrogens with one attached hydrogen (secondary N) is 1. The van der Waals surface area contributed by atoms with Gasteiger partial charge in [0.1, 0.15) is 0 Å². The van der Waals surface area contributed by atoms with Gasteiger partial charge in [0, 0.05) is 6.61 Å². The van der Waals surface area contributed by atoms with E-state index in [1.807, 2.05) is 0 Å².